The molecule has 1 aliphatic rings. The van der Waals surface area contributed by atoms with Gasteiger partial charge in [-0.05, 0) is 30.3 Å². The molecule has 3 rings (SSSR count). The highest BCUT2D eigenvalue weighted by atomic mass is 19.4. The Labute approximate surface area is 179 Å². The highest BCUT2D eigenvalue weighted by Crippen LogP contribution is 2.31. The minimum Gasteiger partial charge on any atom is -0.452 e. The lowest BCUT2D eigenvalue weighted by molar-refractivity contribution is -0.384. The second-order valence-corrected chi connectivity index (χ2v) is 6.76. The van der Waals surface area contributed by atoms with E-state index >= 15 is 0 Å². The number of morpholine rings is 1. The number of anilines is 2. The summed E-state index contributed by atoms with van der Waals surface area (Å²) in [5.41, 5.74) is -1.17. The third kappa shape index (κ3) is 5.72. The second-order valence-electron chi connectivity index (χ2n) is 6.76. The molecule has 1 saturated heterocycles. The van der Waals surface area contributed by atoms with Crippen molar-refractivity contribution in [3.8, 4) is 0 Å². The third-order valence-corrected chi connectivity index (χ3v) is 4.57. The summed E-state index contributed by atoms with van der Waals surface area (Å²) in [6.45, 7) is 0.971. The first-order chi connectivity index (χ1) is 15.1. The first-order valence-electron chi connectivity index (χ1n) is 9.40. The van der Waals surface area contributed by atoms with Gasteiger partial charge in [0.2, 0.25) is 0 Å². The molecular weight excluding hydrogens is 435 g/mol. The van der Waals surface area contributed by atoms with Crippen LogP contribution in [-0.2, 0) is 20.4 Å². The molecule has 1 N–H and O–H groups in total. The quantitative estimate of drug-likeness (QED) is 0.406. The van der Waals surface area contributed by atoms with Crippen molar-refractivity contribution >= 4 is 28.9 Å². The number of nitrogens with one attached hydrogen (secondary N) is 1. The summed E-state index contributed by atoms with van der Waals surface area (Å²) in [6, 6.07) is 7.78. The number of carbonyl (C=O) groups is 2. The van der Waals surface area contributed by atoms with Crippen molar-refractivity contribution in [2.24, 2.45) is 0 Å². The Bertz CT molecular complexity index is 1020. The van der Waals surface area contributed by atoms with Crippen LogP contribution in [0.5, 0.6) is 0 Å². The maximum Gasteiger partial charge on any atom is 0.416 e. The van der Waals surface area contributed by atoms with E-state index in [0.717, 1.165) is 24.3 Å². The van der Waals surface area contributed by atoms with E-state index in [2.05, 4.69) is 5.32 Å². The molecule has 1 aliphatic heterocycles. The molecule has 2 aromatic rings. The first-order valence-corrected chi connectivity index (χ1v) is 9.40. The number of hydrogen-bond donors (Lipinski definition) is 1. The number of amides is 1. The van der Waals surface area contributed by atoms with E-state index in [9.17, 15) is 32.9 Å². The van der Waals surface area contributed by atoms with Gasteiger partial charge in [0, 0.05) is 24.8 Å². The molecule has 0 bridgehead atoms. The van der Waals surface area contributed by atoms with Crippen LogP contribution >= 0.6 is 0 Å². The molecule has 0 unspecified atom stereocenters. The van der Waals surface area contributed by atoms with E-state index in [-0.39, 0.29) is 16.9 Å². The topological polar surface area (TPSA) is 111 Å². The van der Waals surface area contributed by atoms with Gasteiger partial charge in [-0.2, -0.15) is 13.2 Å². The Morgan fingerprint density at radius 3 is 2.53 bits per heavy atom. The fourth-order valence-electron chi connectivity index (χ4n) is 3.05. The normalized spacial score (nSPS) is 14.0. The van der Waals surface area contributed by atoms with Gasteiger partial charge in [0.05, 0.1) is 29.3 Å². The van der Waals surface area contributed by atoms with E-state index in [1.165, 1.54) is 18.2 Å². The van der Waals surface area contributed by atoms with E-state index in [4.69, 9.17) is 9.47 Å². The summed E-state index contributed by atoms with van der Waals surface area (Å²) in [4.78, 5) is 36.8. The predicted molar refractivity (Wildman–Crippen MR) is 106 cm³/mol. The molecule has 1 fully saturated rings. The Morgan fingerprint density at radius 1 is 1.16 bits per heavy atom. The van der Waals surface area contributed by atoms with Crippen LogP contribution in [0.15, 0.2) is 42.5 Å². The lowest BCUT2D eigenvalue weighted by Crippen LogP contribution is -2.36. The minimum atomic E-state index is -4.57. The van der Waals surface area contributed by atoms with Crippen LogP contribution in [0.25, 0.3) is 0 Å². The number of esters is 1. The van der Waals surface area contributed by atoms with Crippen molar-refractivity contribution in [3.63, 3.8) is 0 Å². The average Bonchev–Trinajstić information content (AvgIpc) is 2.77. The van der Waals surface area contributed by atoms with Gasteiger partial charge in [0.1, 0.15) is 5.69 Å². The minimum absolute atomic E-state index is 0.119. The van der Waals surface area contributed by atoms with Crippen molar-refractivity contribution in [2.45, 2.75) is 6.18 Å². The molecule has 170 valence electrons. The van der Waals surface area contributed by atoms with Crippen molar-refractivity contribution in [2.75, 3.05) is 43.1 Å². The summed E-state index contributed by atoms with van der Waals surface area (Å²) in [5, 5.41) is 13.7. The molecule has 0 aliphatic carbocycles. The van der Waals surface area contributed by atoms with E-state index in [1.807, 2.05) is 0 Å². The van der Waals surface area contributed by atoms with Crippen LogP contribution in [0.4, 0.5) is 30.2 Å². The van der Waals surface area contributed by atoms with Gasteiger partial charge in [-0.25, -0.2) is 4.79 Å². The molecule has 9 nitrogen and oxygen atoms in total. The molecule has 0 aromatic heterocycles. The van der Waals surface area contributed by atoms with Crippen molar-refractivity contribution in [3.05, 3.63) is 63.7 Å². The van der Waals surface area contributed by atoms with Gasteiger partial charge in [0.25, 0.3) is 11.6 Å². The molecule has 0 spiro atoms. The number of carbonyl (C=O) groups excluding carboxylic acids is 2. The third-order valence-electron chi connectivity index (χ3n) is 4.57. The molecule has 12 heteroatoms. The summed E-state index contributed by atoms with van der Waals surface area (Å²) in [7, 11) is 0. The summed E-state index contributed by atoms with van der Waals surface area (Å²) in [5.74, 6) is -1.85. The maximum atomic E-state index is 12.7. The Hall–Kier alpha value is -3.67. The number of ether oxygens (including phenoxy) is 2. The first kappa shape index (κ1) is 23.0. The highest BCUT2D eigenvalue weighted by Gasteiger charge is 2.30. The van der Waals surface area contributed by atoms with Gasteiger partial charge in [-0.15, -0.1) is 0 Å². The fourth-order valence-corrected chi connectivity index (χ4v) is 3.05. The Morgan fingerprint density at radius 2 is 1.88 bits per heavy atom. The number of benzene rings is 2. The van der Waals surface area contributed by atoms with Gasteiger partial charge in [0.15, 0.2) is 6.61 Å². The predicted octanol–water partition coefficient (Wildman–Crippen LogP) is 3.25. The number of halogens is 3. The standard InChI is InChI=1S/C20H18F3N3O6/c21-20(22,23)14-2-1-3-15(11-14)24-18(27)12-32-19(28)13-4-5-16(17(10-13)26(29)30)25-6-8-31-9-7-25/h1-5,10-11H,6-9,12H2,(H,24,27). The molecule has 1 heterocycles. The van der Waals surface area contributed by atoms with Crippen molar-refractivity contribution < 1.29 is 37.2 Å². The van der Waals surface area contributed by atoms with Crippen LogP contribution < -0.4 is 10.2 Å². The number of rotatable bonds is 6. The summed E-state index contributed by atoms with van der Waals surface area (Å²) in [6.07, 6.45) is -4.57. The maximum absolute atomic E-state index is 12.7. The highest BCUT2D eigenvalue weighted by molar-refractivity contribution is 5.96. The van der Waals surface area contributed by atoms with Crippen molar-refractivity contribution in [1.82, 2.24) is 0 Å². The number of nitro groups is 1. The second kappa shape index (κ2) is 9.64. The number of alkyl halides is 3. The smallest absolute Gasteiger partial charge is 0.416 e. The van der Waals surface area contributed by atoms with E-state index in [0.29, 0.717) is 32.0 Å². The van der Waals surface area contributed by atoms with Crippen LogP contribution in [-0.4, -0.2) is 49.7 Å². The van der Waals surface area contributed by atoms with Gasteiger partial charge in [-0.3, -0.25) is 14.9 Å². The molecular formula is C20H18F3N3O6. The molecule has 0 radical (unpaired) electrons. The molecule has 1 amide bonds. The monoisotopic (exact) mass is 453 g/mol. The van der Waals surface area contributed by atoms with E-state index < -0.39 is 35.1 Å². The molecule has 2 aromatic carbocycles. The summed E-state index contributed by atoms with van der Waals surface area (Å²) >= 11 is 0. The van der Waals surface area contributed by atoms with Gasteiger partial charge in [-0.1, -0.05) is 6.07 Å². The zero-order chi connectivity index (χ0) is 23.3. The van der Waals surface area contributed by atoms with E-state index in [1.54, 1.807) is 4.90 Å². The zero-order valence-corrected chi connectivity index (χ0v) is 16.6. The SMILES string of the molecule is O=C(COC(=O)c1ccc(N2CCOCC2)c([N+](=O)[O-])c1)Nc1cccc(C(F)(F)F)c1. The Balaban J connectivity index is 1.63. The molecule has 0 saturated carbocycles. The molecule has 32 heavy (non-hydrogen) atoms. The van der Waals surface area contributed by atoms with Gasteiger partial charge >= 0.3 is 12.1 Å². The van der Waals surface area contributed by atoms with Gasteiger partial charge < -0.3 is 19.7 Å². The largest absolute Gasteiger partial charge is 0.452 e. The van der Waals surface area contributed by atoms with Crippen molar-refractivity contribution in [1.29, 1.82) is 0 Å². The number of hydrogen-bond acceptors (Lipinski definition) is 7. The number of nitrogens with zero attached hydrogens (tertiary/aromatic N) is 2. The van der Waals surface area contributed by atoms with Crippen LogP contribution in [0.3, 0.4) is 0 Å². The lowest BCUT2D eigenvalue weighted by atomic mass is 10.1. The van der Waals surface area contributed by atoms with Crippen LogP contribution in [0.1, 0.15) is 15.9 Å². The fraction of sp³-hybridized carbons (Fsp3) is 0.300. The van der Waals surface area contributed by atoms with Crippen LogP contribution in [0, 0.1) is 10.1 Å². The Kier molecular flexibility index (Phi) is 6.93. The zero-order valence-electron chi connectivity index (χ0n) is 16.6. The average molecular weight is 453 g/mol. The number of nitro benzene ring substituents is 1. The summed E-state index contributed by atoms with van der Waals surface area (Å²) < 4.78 is 48.3. The lowest BCUT2D eigenvalue weighted by Gasteiger charge is -2.28. The van der Waals surface area contributed by atoms with Crippen LogP contribution in [0.2, 0.25) is 0 Å². The molecule has 0 atom stereocenters.